The normalized spacial score (nSPS) is 25.7. The number of para-hydroxylation sites is 1. The number of hydrogen-bond donors (Lipinski definition) is 2. The van der Waals surface area contributed by atoms with Gasteiger partial charge in [-0.3, -0.25) is 9.88 Å². The molecular formula is C47H64N4O8S. The van der Waals surface area contributed by atoms with E-state index in [2.05, 4.69) is 28.6 Å². The summed E-state index contributed by atoms with van der Waals surface area (Å²) in [5.41, 5.74) is 2.34. The molecule has 326 valence electrons. The second-order valence-electron chi connectivity index (χ2n) is 17.6. The van der Waals surface area contributed by atoms with Crippen molar-refractivity contribution in [2.24, 2.45) is 22.9 Å². The highest BCUT2D eigenvalue weighted by Crippen LogP contribution is 2.62. The van der Waals surface area contributed by atoms with Crippen LogP contribution >= 0.6 is 0 Å². The van der Waals surface area contributed by atoms with Gasteiger partial charge in [-0.25, -0.2) is 8.42 Å². The molecule has 2 aliphatic carbocycles. The topological polar surface area (TPSA) is 143 Å². The number of hydrogen-bond acceptors (Lipinski definition) is 11. The van der Waals surface area contributed by atoms with Gasteiger partial charge in [-0.1, -0.05) is 55.3 Å². The van der Waals surface area contributed by atoms with Crippen molar-refractivity contribution < 1.29 is 37.7 Å². The Hall–Kier alpha value is -3.85. The average molecular weight is 845 g/mol. The second-order valence-corrected chi connectivity index (χ2v) is 19.5. The highest BCUT2D eigenvalue weighted by Gasteiger charge is 2.66. The first-order valence-electron chi connectivity index (χ1n) is 21.9. The number of aliphatic hydroxyl groups excluding tert-OH is 2. The maximum absolute atomic E-state index is 15.5. The lowest BCUT2D eigenvalue weighted by Gasteiger charge is -2.59. The molecule has 2 fully saturated rings. The van der Waals surface area contributed by atoms with Crippen LogP contribution in [0.5, 0.6) is 11.5 Å². The third-order valence-electron chi connectivity index (χ3n) is 12.3. The quantitative estimate of drug-likeness (QED) is 0.0480. The molecule has 0 bridgehead atoms. The number of benzene rings is 2. The summed E-state index contributed by atoms with van der Waals surface area (Å²) in [5, 5.41) is 25.5. The number of allylic oxidation sites excluding steroid dienone is 1. The van der Waals surface area contributed by atoms with Gasteiger partial charge in [-0.2, -0.15) is 4.31 Å². The van der Waals surface area contributed by atoms with Crippen LogP contribution in [0, 0.1) is 17.8 Å². The van der Waals surface area contributed by atoms with E-state index in [1.165, 1.54) is 0 Å². The maximum atomic E-state index is 15.5. The van der Waals surface area contributed by atoms with Gasteiger partial charge in [0.15, 0.2) is 0 Å². The van der Waals surface area contributed by atoms with Gasteiger partial charge in [0.05, 0.1) is 29.8 Å². The van der Waals surface area contributed by atoms with Crippen molar-refractivity contribution >= 4 is 26.6 Å². The Balaban J connectivity index is 1.47. The van der Waals surface area contributed by atoms with Crippen molar-refractivity contribution in [2.75, 3.05) is 52.6 Å². The van der Waals surface area contributed by atoms with E-state index in [9.17, 15) is 10.2 Å². The molecule has 2 aliphatic heterocycles. The fourth-order valence-electron chi connectivity index (χ4n) is 9.57. The second kappa shape index (κ2) is 19.0. The van der Waals surface area contributed by atoms with E-state index in [0.29, 0.717) is 42.8 Å². The van der Waals surface area contributed by atoms with E-state index in [-0.39, 0.29) is 55.4 Å². The van der Waals surface area contributed by atoms with Crippen LogP contribution in [-0.2, 0) is 19.6 Å². The molecule has 1 aromatic heterocycles. The molecule has 3 aromatic rings. The Kier molecular flexibility index (Phi) is 14.0. The van der Waals surface area contributed by atoms with Crippen LogP contribution in [-0.4, -0.2) is 109 Å². The number of nitrogens with zero attached hydrogens (tertiary/aromatic N) is 4. The minimum absolute atomic E-state index is 0.0493. The lowest BCUT2D eigenvalue weighted by molar-refractivity contribution is -0.251. The largest absolute Gasteiger partial charge is 0.492 e. The SMILES string of the molecule is C=CCO[C@@]12Oc3ccc(OCCN4CC4)cc3[C@H]3[C@H](CCCCO)[C@@H](CCCCO)C=C(C(=NOC(C)(C)C)C[C@@H]1N(CCC)S(=O)(=O)c1cccc4cccnc14)[C@H]32. The summed E-state index contributed by atoms with van der Waals surface area (Å²) in [6.07, 6.45) is 10.9. The molecule has 7 rings (SSSR count). The molecule has 60 heavy (non-hydrogen) atoms. The number of sulfonamides is 1. The first kappa shape index (κ1) is 44.2. The van der Waals surface area contributed by atoms with Gasteiger partial charge in [-0.05, 0) is 101 Å². The molecular weight excluding hydrogens is 781 g/mol. The Morgan fingerprint density at radius 2 is 1.83 bits per heavy atom. The van der Waals surface area contributed by atoms with Crippen LogP contribution in [0.25, 0.3) is 10.9 Å². The molecule has 0 amide bonds. The predicted octanol–water partition coefficient (Wildman–Crippen LogP) is 7.46. The monoisotopic (exact) mass is 844 g/mol. The summed E-state index contributed by atoms with van der Waals surface area (Å²) in [5.74, 6) is -0.767. The first-order valence-corrected chi connectivity index (χ1v) is 23.4. The molecule has 3 heterocycles. The fourth-order valence-corrected chi connectivity index (χ4v) is 11.5. The van der Waals surface area contributed by atoms with Crippen molar-refractivity contribution in [1.29, 1.82) is 0 Å². The molecule has 2 aromatic carbocycles. The van der Waals surface area contributed by atoms with Crippen LogP contribution < -0.4 is 9.47 Å². The Bertz CT molecular complexity index is 2130. The van der Waals surface area contributed by atoms with E-state index in [4.69, 9.17) is 24.2 Å². The van der Waals surface area contributed by atoms with Gasteiger partial charge in [-0.15, -0.1) is 6.58 Å². The summed E-state index contributed by atoms with van der Waals surface area (Å²) >= 11 is 0. The molecule has 4 aliphatic rings. The zero-order valence-corrected chi connectivity index (χ0v) is 36.6. The zero-order valence-electron chi connectivity index (χ0n) is 35.8. The van der Waals surface area contributed by atoms with Gasteiger partial charge in [0.1, 0.15) is 28.6 Å². The molecule has 1 saturated heterocycles. The van der Waals surface area contributed by atoms with Gasteiger partial charge in [0, 0.05) is 68.9 Å². The number of fused-ring (bicyclic) bond motifs is 3. The van der Waals surface area contributed by atoms with Crippen LogP contribution in [0.2, 0.25) is 0 Å². The van der Waals surface area contributed by atoms with E-state index in [0.717, 1.165) is 67.6 Å². The van der Waals surface area contributed by atoms with E-state index in [1.54, 1.807) is 34.8 Å². The van der Waals surface area contributed by atoms with Crippen LogP contribution in [0.3, 0.4) is 0 Å². The van der Waals surface area contributed by atoms with Gasteiger partial charge in [0.2, 0.25) is 15.8 Å². The summed E-state index contributed by atoms with van der Waals surface area (Å²) in [4.78, 5) is 13.3. The highest BCUT2D eigenvalue weighted by molar-refractivity contribution is 7.89. The summed E-state index contributed by atoms with van der Waals surface area (Å²) in [6, 6.07) is 14.0. The average Bonchev–Trinajstić information content (AvgIpc) is 4.06. The molecule has 0 radical (unpaired) electrons. The smallest absolute Gasteiger partial charge is 0.245 e. The lowest BCUT2D eigenvalue weighted by atomic mass is 9.55. The van der Waals surface area contributed by atoms with E-state index < -0.39 is 33.4 Å². The zero-order chi connectivity index (χ0) is 42.5. The van der Waals surface area contributed by atoms with E-state index in [1.807, 2.05) is 52.0 Å². The predicted molar refractivity (Wildman–Crippen MR) is 234 cm³/mol. The summed E-state index contributed by atoms with van der Waals surface area (Å²) in [6.45, 7) is 15.9. The number of oxime groups is 1. The molecule has 1 saturated carbocycles. The summed E-state index contributed by atoms with van der Waals surface area (Å²) in [7, 11) is -4.25. The van der Waals surface area contributed by atoms with Crippen LogP contribution in [0.4, 0.5) is 0 Å². The number of pyridine rings is 1. The first-order chi connectivity index (χ1) is 29.0. The van der Waals surface area contributed by atoms with Gasteiger partial charge < -0.3 is 29.3 Å². The number of aromatic nitrogens is 1. The number of aliphatic hydroxyl groups is 2. The van der Waals surface area contributed by atoms with E-state index >= 15 is 8.42 Å². The molecule has 6 atom stereocenters. The van der Waals surface area contributed by atoms with Crippen molar-refractivity contribution in [3.8, 4) is 11.5 Å². The highest BCUT2D eigenvalue weighted by atomic mass is 32.2. The molecule has 2 N–H and O–H groups in total. The molecule has 13 heteroatoms. The third-order valence-corrected chi connectivity index (χ3v) is 14.2. The van der Waals surface area contributed by atoms with Crippen LogP contribution in [0.15, 0.2) is 89.1 Å². The lowest BCUT2D eigenvalue weighted by Crippen LogP contribution is -2.70. The van der Waals surface area contributed by atoms with Crippen molar-refractivity contribution in [2.45, 2.75) is 107 Å². The number of ether oxygens (including phenoxy) is 3. The standard InChI is InChI=1S/C47H64N4O8S/c1-6-22-51(60(54,55)41-18-12-15-33-16-13-21-48-45(33)41)42-32-39(49-59-46(3,4)5)37-30-34(14-8-10-26-52)36(17-9-11-27-53)43-38-31-35(56-29-25-50-23-24-50)19-20-40(38)58-47(42,44(37)43)57-28-7-2/h7,12-13,15-16,18-21,30-31,34,36,42-44,52-53H,2,6,8-11,14,17,22-29,32H2,1,3-5H3/t34-,36+,42-,43+,44+,47+/m0/s1. The number of rotatable bonds is 21. The molecule has 0 unspecified atom stereocenters. The van der Waals surface area contributed by atoms with Gasteiger partial charge in [0.25, 0.3) is 0 Å². The van der Waals surface area contributed by atoms with Gasteiger partial charge >= 0.3 is 0 Å². The number of unbranched alkanes of at least 4 members (excludes halogenated alkanes) is 2. The third kappa shape index (κ3) is 9.31. The Labute approximate surface area is 356 Å². The minimum atomic E-state index is -4.25. The van der Waals surface area contributed by atoms with Crippen molar-refractivity contribution in [3.63, 3.8) is 0 Å². The fraction of sp³-hybridized carbons (Fsp3) is 0.574. The van der Waals surface area contributed by atoms with Crippen molar-refractivity contribution in [1.82, 2.24) is 14.2 Å². The Morgan fingerprint density at radius 3 is 2.55 bits per heavy atom. The van der Waals surface area contributed by atoms with Crippen molar-refractivity contribution in [3.05, 3.63) is 84.6 Å². The summed E-state index contributed by atoms with van der Waals surface area (Å²) < 4.78 is 53.4. The minimum Gasteiger partial charge on any atom is -0.492 e. The van der Waals surface area contributed by atoms with Crippen LogP contribution in [0.1, 0.15) is 90.5 Å². The molecule has 0 spiro atoms. The molecule has 12 nitrogen and oxygen atoms in total. The Morgan fingerprint density at radius 1 is 1.07 bits per heavy atom. The maximum Gasteiger partial charge on any atom is 0.245 e.